The highest BCUT2D eigenvalue weighted by atomic mass is 16.5. The number of carbonyl (C=O) groups is 2. The van der Waals surface area contributed by atoms with E-state index in [1.165, 1.54) is 0 Å². The molecular weight excluding hydrogens is 262 g/mol. The van der Waals surface area contributed by atoms with Gasteiger partial charge in [0.25, 0.3) is 0 Å². The number of nitrogens with one attached hydrogen (secondary N) is 1. The third-order valence-corrected chi connectivity index (χ3v) is 3.68. The summed E-state index contributed by atoms with van der Waals surface area (Å²) in [5.41, 5.74) is 0. The number of carbonyl (C=O) groups excluding carboxylic acids is 1. The van der Waals surface area contributed by atoms with Crippen LogP contribution in [0.1, 0.15) is 40.0 Å². The van der Waals surface area contributed by atoms with Crippen LogP contribution in [0.2, 0.25) is 0 Å². The second kappa shape index (κ2) is 8.21. The number of carboxylic acid groups (broad SMARTS) is 1. The average molecular weight is 287 g/mol. The van der Waals surface area contributed by atoms with Gasteiger partial charge in [-0.15, -0.1) is 0 Å². The number of hydrogen-bond donors (Lipinski definition) is 2. The molecule has 2 N–H and O–H groups in total. The van der Waals surface area contributed by atoms with Gasteiger partial charge < -0.3 is 19.9 Å². The van der Waals surface area contributed by atoms with Crippen LogP contribution in [0, 0.1) is 5.92 Å². The Labute approximate surface area is 119 Å². The summed E-state index contributed by atoms with van der Waals surface area (Å²) in [5.74, 6) is -1.85. The standard InChI is InChI=1S/C14H25NO5/c1-9(14(17)18)10(2)15-13(16)11(3)20-8-12-6-4-5-7-19-12/h9-12H,4-8H2,1-3H3,(H,15,16)(H,17,18). The van der Waals surface area contributed by atoms with E-state index < -0.39 is 24.0 Å². The van der Waals surface area contributed by atoms with E-state index in [1.807, 2.05) is 0 Å². The Balaban J connectivity index is 2.29. The van der Waals surface area contributed by atoms with Crippen LogP contribution in [0.25, 0.3) is 0 Å². The first kappa shape index (κ1) is 16.9. The Morgan fingerprint density at radius 3 is 2.60 bits per heavy atom. The van der Waals surface area contributed by atoms with E-state index in [-0.39, 0.29) is 12.0 Å². The average Bonchev–Trinajstić information content (AvgIpc) is 2.44. The van der Waals surface area contributed by atoms with Crippen molar-refractivity contribution in [3.63, 3.8) is 0 Å². The van der Waals surface area contributed by atoms with Gasteiger partial charge in [-0.05, 0) is 40.0 Å². The van der Waals surface area contributed by atoms with E-state index >= 15 is 0 Å². The molecule has 0 spiro atoms. The molecule has 1 heterocycles. The van der Waals surface area contributed by atoms with Crippen molar-refractivity contribution in [2.24, 2.45) is 5.92 Å². The number of carboxylic acids is 1. The molecule has 116 valence electrons. The summed E-state index contributed by atoms with van der Waals surface area (Å²) in [6.45, 7) is 6.05. The second-order valence-electron chi connectivity index (χ2n) is 5.39. The van der Waals surface area contributed by atoms with Gasteiger partial charge in [-0.25, -0.2) is 0 Å². The molecule has 6 heteroatoms. The Morgan fingerprint density at radius 1 is 1.35 bits per heavy atom. The van der Waals surface area contributed by atoms with Crippen LogP contribution < -0.4 is 5.32 Å². The third-order valence-electron chi connectivity index (χ3n) is 3.68. The van der Waals surface area contributed by atoms with Crippen LogP contribution in [0.5, 0.6) is 0 Å². The minimum absolute atomic E-state index is 0.0642. The summed E-state index contributed by atoms with van der Waals surface area (Å²) in [6, 6.07) is -0.433. The van der Waals surface area contributed by atoms with Gasteiger partial charge in [-0.1, -0.05) is 0 Å². The van der Waals surface area contributed by atoms with Gasteiger partial charge in [0.2, 0.25) is 5.91 Å². The van der Waals surface area contributed by atoms with Crippen molar-refractivity contribution in [1.82, 2.24) is 5.32 Å². The molecule has 1 fully saturated rings. The van der Waals surface area contributed by atoms with Crippen molar-refractivity contribution in [1.29, 1.82) is 0 Å². The number of ether oxygens (including phenoxy) is 2. The van der Waals surface area contributed by atoms with E-state index in [9.17, 15) is 9.59 Å². The zero-order valence-corrected chi connectivity index (χ0v) is 12.4. The van der Waals surface area contributed by atoms with Gasteiger partial charge in [0.1, 0.15) is 6.10 Å². The van der Waals surface area contributed by atoms with Gasteiger partial charge in [-0.2, -0.15) is 0 Å². The van der Waals surface area contributed by atoms with Crippen molar-refractivity contribution < 1.29 is 24.2 Å². The zero-order chi connectivity index (χ0) is 15.1. The maximum atomic E-state index is 11.9. The van der Waals surface area contributed by atoms with E-state index in [1.54, 1.807) is 20.8 Å². The number of hydrogen-bond acceptors (Lipinski definition) is 4. The van der Waals surface area contributed by atoms with Crippen LogP contribution in [0.15, 0.2) is 0 Å². The highest BCUT2D eigenvalue weighted by Gasteiger charge is 2.24. The maximum Gasteiger partial charge on any atom is 0.308 e. The monoisotopic (exact) mass is 287 g/mol. The predicted molar refractivity (Wildman–Crippen MR) is 73.4 cm³/mol. The topological polar surface area (TPSA) is 84.9 Å². The summed E-state index contributed by atoms with van der Waals surface area (Å²) < 4.78 is 11.0. The molecule has 1 amide bonds. The van der Waals surface area contributed by atoms with Gasteiger partial charge in [-0.3, -0.25) is 9.59 Å². The number of rotatable bonds is 7. The predicted octanol–water partition coefficient (Wildman–Crippen LogP) is 1.19. The molecule has 6 nitrogen and oxygen atoms in total. The van der Waals surface area contributed by atoms with Crippen LogP contribution in [0.4, 0.5) is 0 Å². The molecular formula is C14H25NO5. The largest absolute Gasteiger partial charge is 0.481 e. The normalized spacial score (nSPS) is 23.6. The summed E-state index contributed by atoms with van der Waals surface area (Å²) in [6.07, 6.45) is 2.62. The summed E-state index contributed by atoms with van der Waals surface area (Å²) in [7, 11) is 0. The third kappa shape index (κ3) is 5.46. The minimum Gasteiger partial charge on any atom is -0.481 e. The smallest absolute Gasteiger partial charge is 0.308 e. The fourth-order valence-electron chi connectivity index (χ4n) is 1.95. The molecule has 1 aliphatic rings. The Kier molecular flexibility index (Phi) is 6.95. The SMILES string of the molecule is CC(OCC1CCCCO1)C(=O)NC(C)C(C)C(=O)O. The molecule has 0 aliphatic carbocycles. The van der Waals surface area contributed by atoms with Crippen molar-refractivity contribution in [3.05, 3.63) is 0 Å². The Morgan fingerprint density at radius 2 is 2.05 bits per heavy atom. The fourth-order valence-corrected chi connectivity index (χ4v) is 1.95. The molecule has 1 saturated heterocycles. The van der Waals surface area contributed by atoms with Crippen LogP contribution in [-0.2, 0) is 19.1 Å². The Bertz CT molecular complexity index is 328. The summed E-state index contributed by atoms with van der Waals surface area (Å²) in [4.78, 5) is 22.7. The van der Waals surface area contributed by atoms with E-state index in [2.05, 4.69) is 5.32 Å². The molecule has 0 aromatic carbocycles. The van der Waals surface area contributed by atoms with Crippen molar-refractivity contribution in [2.45, 2.75) is 58.3 Å². The summed E-state index contributed by atoms with van der Waals surface area (Å²) >= 11 is 0. The molecule has 4 atom stereocenters. The lowest BCUT2D eigenvalue weighted by Crippen LogP contribution is -2.45. The van der Waals surface area contributed by atoms with Crippen molar-refractivity contribution in [3.8, 4) is 0 Å². The highest BCUT2D eigenvalue weighted by Crippen LogP contribution is 2.13. The lowest BCUT2D eigenvalue weighted by molar-refractivity contribution is -0.143. The Hall–Kier alpha value is -1.14. The molecule has 1 rings (SSSR count). The lowest BCUT2D eigenvalue weighted by atomic mass is 10.0. The molecule has 20 heavy (non-hydrogen) atoms. The quantitative estimate of drug-likeness (QED) is 0.734. The highest BCUT2D eigenvalue weighted by molar-refractivity contribution is 5.81. The van der Waals surface area contributed by atoms with E-state index in [4.69, 9.17) is 14.6 Å². The lowest BCUT2D eigenvalue weighted by Gasteiger charge is -2.25. The second-order valence-corrected chi connectivity index (χ2v) is 5.39. The fraction of sp³-hybridized carbons (Fsp3) is 0.857. The van der Waals surface area contributed by atoms with Crippen LogP contribution >= 0.6 is 0 Å². The number of aliphatic carboxylic acids is 1. The van der Waals surface area contributed by atoms with Crippen molar-refractivity contribution in [2.75, 3.05) is 13.2 Å². The molecule has 0 aromatic heterocycles. The number of amides is 1. The van der Waals surface area contributed by atoms with Gasteiger partial charge in [0, 0.05) is 12.6 Å². The van der Waals surface area contributed by atoms with Gasteiger partial charge in [0.15, 0.2) is 0 Å². The van der Waals surface area contributed by atoms with E-state index in [0.29, 0.717) is 6.61 Å². The molecule has 0 saturated carbocycles. The zero-order valence-electron chi connectivity index (χ0n) is 12.4. The molecule has 0 radical (unpaired) electrons. The van der Waals surface area contributed by atoms with Crippen LogP contribution in [0.3, 0.4) is 0 Å². The van der Waals surface area contributed by atoms with Crippen LogP contribution in [-0.4, -0.2) is 48.4 Å². The first-order valence-electron chi connectivity index (χ1n) is 7.18. The molecule has 0 aromatic rings. The van der Waals surface area contributed by atoms with Gasteiger partial charge in [0.05, 0.1) is 18.6 Å². The first-order chi connectivity index (χ1) is 9.41. The van der Waals surface area contributed by atoms with Crippen molar-refractivity contribution >= 4 is 11.9 Å². The van der Waals surface area contributed by atoms with Gasteiger partial charge >= 0.3 is 5.97 Å². The molecule has 1 aliphatic heterocycles. The van der Waals surface area contributed by atoms with E-state index in [0.717, 1.165) is 25.9 Å². The maximum absolute atomic E-state index is 11.9. The molecule has 0 bridgehead atoms. The molecule has 4 unspecified atom stereocenters. The minimum atomic E-state index is -0.929. The summed E-state index contributed by atoms with van der Waals surface area (Å²) in [5, 5.41) is 11.5. The first-order valence-corrected chi connectivity index (χ1v) is 7.18.